The monoisotopic (exact) mass is 1650 g/mol. The van der Waals surface area contributed by atoms with Crippen LogP contribution < -0.4 is 41.4 Å². The van der Waals surface area contributed by atoms with Gasteiger partial charge in [-0.1, -0.05) is 0 Å². The standard InChI is InChI=1S/C77H102F4N16O20/c1-75(2,3)117-74(112)62(95-30-28-93(47-69(105)106)26-24-92(46-68(103)104)25-27-94(29-31-95)48-70(107)108)13-15-64(99)87-23-35-114-37-36-113-34-18-65(100)91-61(73(111)88-20-5-7-33-116-54-9-11-60-58(39-54)56(17-22-85-60)72(110)90-45-67(102)97-50-77(80,81)41-52(97)43-83)12-14-63(98)86-19-4-6-32-115-53-8-10-59-57(38-53)55(16-21-84-59)71(109)89-44-66(101)96-49-76(78,79)40-51(96)42-82/h8-11,16-17,21-22,38-39,51-52,61-62H,4-7,12-15,18-20,23-37,40-41,44-50H2,1-3H3,(H,86,98)(H,87,99)(H,88,111)(H,89,109)(H,90,110)(H,91,100)(H,103,104)(H,105,106)(H,107,108)/t51?,52?,61-,62?/m0/s1. The van der Waals surface area contributed by atoms with Crippen LogP contribution in [-0.2, 0) is 62.2 Å². The highest BCUT2D eigenvalue weighted by atomic mass is 19.3. The van der Waals surface area contributed by atoms with E-state index in [9.17, 15) is 101 Å². The number of ether oxygens (including phenoxy) is 5. The minimum Gasteiger partial charge on any atom is -0.494 e. The van der Waals surface area contributed by atoms with Crippen molar-refractivity contribution >= 4 is 92.9 Å². The van der Waals surface area contributed by atoms with E-state index in [4.69, 9.17) is 23.7 Å². The van der Waals surface area contributed by atoms with E-state index in [0.717, 1.165) is 9.80 Å². The zero-order valence-electron chi connectivity index (χ0n) is 65.6. The molecule has 3 aliphatic rings. The Morgan fingerprint density at radius 1 is 0.530 bits per heavy atom. The summed E-state index contributed by atoms with van der Waals surface area (Å²) in [7, 11) is 0. The Hall–Kier alpha value is -11.0. The largest absolute Gasteiger partial charge is 0.494 e. The number of pyridine rings is 2. The summed E-state index contributed by atoms with van der Waals surface area (Å²) in [5.74, 6) is -14.8. The smallest absolute Gasteiger partial charge is 0.323 e. The maximum Gasteiger partial charge on any atom is 0.323 e. The topological polar surface area (TPSA) is 477 Å². The number of unbranched alkanes of at least 4 members (excludes halogenated alkanes) is 2. The van der Waals surface area contributed by atoms with Crippen LogP contribution in [0.4, 0.5) is 17.6 Å². The van der Waals surface area contributed by atoms with Crippen LogP contribution in [0.3, 0.4) is 0 Å². The van der Waals surface area contributed by atoms with E-state index < -0.39 is 152 Å². The lowest BCUT2D eigenvalue weighted by Gasteiger charge is -2.36. The second-order valence-electron chi connectivity index (χ2n) is 29.3. The number of carbonyl (C=O) groups excluding carboxylic acids is 9. The Labute approximate surface area is 672 Å². The second kappa shape index (κ2) is 46.0. The van der Waals surface area contributed by atoms with E-state index >= 15 is 0 Å². The molecule has 3 fully saturated rings. The zero-order valence-corrected chi connectivity index (χ0v) is 65.6. The van der Waals surface area contributed by atoms with E-state index in [1.54, 1.807) is 88.9 Å². The number of aromatic nitrogens is 2. The fourth-order valence-electron chi connectivity index (χ4n) is 13.1. The van der Waals surface area contributed by atoms with Gasteiger partial charge in [-0.15, -0.1) is 0 Å². The van der Waals surface area contributed by atoms with Crippen molar-refractivity contribution in [3.05, 3.63) is 72.1 Å². The molecule has 3 unspecified atom stereocenters. The van der Waals surface area contributed by atoms with Crippen LogP contribution in [0, 0.1) is 22.7 Å². The van der Waals surface area contributed by atoms with Gasteiger partial charge in [0.05, 0.1) is 120 Å². The summed E-state index contributed by atoms with van der Waals surface area (Å²) >= 11 is 0. The molecular formula is C77H102F4N16O20. The molecule has 2 aromatic heterocycles. The van der Waals surface area contributed by atoms with Gasteiger partial charge in [-0.3, -0.25) is 87.1 Å². The number of carbonyl (C=O) groups is 12. The van der Waals surface area contributed by atoms with Gasteiger partial charge in [0, 0.05) is 127 Å². The summed E-state index contributed by atoms with van der Waals surface area (Å²) in [6, 6.07) is 11.0. The number of aliphatic carboxylic acids is 3. The zero-order chi connectivity index (χ0) is 85.2. The number of nitrogens with zero attached hydrogens (tertiary/aromatic N) is 10. The number of amides is 8. The van der Waals surface area contributed by atoms with Gasteiger partial charge in [0.2, 0.25) is 35.4 Å². The van der Waals surface area contributed by atoms with E-state index in [-0.39, 0.29) is 174 Å². The first-order valence-corrected chi connectivity index (χ1v) is 38.5. The summed E-state index contributed by atoms with van der Waals surface area (Å²) in [4.78, 5) is 172. The van der Waals surface area contributed by atoms with E-state index in [1.807, 2.05) is 0 Å². The number of rotatable bonds is 43. The average Bonchev–Trinajstić information content (AvgIpc) is 1.72. The van der Waals surface area contributed by atoms with Gasteiger partial charge in [0.15, 0.2) is 0 Å². The Bertz CT molecular complexity index is 4170. The highest BCUT2D eigenvalue weighted by Crippen LogP contribution is 2.34. The van der Waals surface area contributed by atoms with Crippen molar-refractivity contribution in [2.75, 3.05) is 157 Å². The maximum atomic E-state index is 14.0. The Kier molecular flexibility index (Phi) is 36.6. The second-order valence-corrected chi connectivity index (χ2v) is 29.3. The summed E-state index contributed by atoms with van der Waals surface area (Å²) in [5, 5.41) is 64.3. The molecule has 4 atom stereocenters. The number of nitrogens with one attached hydrogen (secondary N) is 6. The van der Waals surface area contributed by atoms with Crippen LogP contribution in [0.2, 0.25) is 0 Å². The molecule has 0 saturated carbocycles. The lowest BCUT2D eigenvalue weighted by atomic mass is 10.1. The minimum atomic E-state index is -3.24. The van der Waals surface area contributed by atoms with Gasteiger partial charge in [-0.05, 0) is 108 Å². The molecule has 638 valence electrons. The van der Waals surface area contributed by atoms with Crippen molar-refractivity contribution in [2.45, 2.75) is 133 Å². The lowest BCUT2D eigenvalue weighted by molar-refractivity contribution is -0.162. The predicted octanol–water partition coefficient (Wildman–Crippen LogP) is 1.78. The van der Waals surface area contributed by atoms with Crippen LogP contribution in [0.1, 0.15) is 112 Å². The third-order valence-electron chi connectivity index (χ3n) is 18.9. The van der Waals surface area contributed by atoms with Gasteiger partial charge in [0.25, 0.3) is 23.7 Å². The van der Waals surface area contributed by atoms with Crippen molar-refractivity contribution in [2.24, 2.45) is 0 Å². The van der Waals surface area contributed by atoms with Crippen molar-refractivity contribution in [1.82, 2.24) is 71.3 Å². The molecule has 9 N–H and O–H groups in total. The molecule has 8 amide bonds. The predicted molar refractivity (Wildman–Crippen MR) is 408 cm³/mol. The fraction of sp³-hybridized carbons (Fsp3) is 0.584. The molecule has 2 aromatic carbocycles. The molecule has 117 heavy (non-hydrogen) atoms. The highest BCUT2D eigenvalue weighted by molar-refractivity contribution is 6.08. The number of esters is 1. The molecule has 3 aliphatic heterocycles. The van der Waals surface area contributed by atoms with E-state index in [2.05, 4.69) is 41.9 Å². The number of carboxylic acid groups (broad SMARTS) is 3. The number of halogens is 4. The summed E-state index contributed by atoms with van der Waals surface area (Å²) in [6.45, 7) is 2.68. The third kappa shape index (κ3) is 32.2. The number of alkyl halides is 4. The quantitative estimate of drug-likeness (QED) is 0.0173. The van der Waals surface area contributed by atoms with Crippen molar-refractivity contribution in [3.8, 4) is 23.6 Å². The van der Waals surface area contributed by atoms with Crippen molar-refractivity contribution in [1.29, 1.82) is 10.5 Å². The molecule has 4 aromatic rings. The van der Waals surface area contributed by atoms with Gasteiger partial charge >= 0.3 is 23.9 Å². The van der Waals surface area contributed by atoms with Crippen molar-refractivity contribution in [3.63, 3.8) is 0 Å². The third-order valence-corrected chi connectivity index (χ3v) is 18.9. The molecule has 0 spiro atoms. The van der Waals surface area contributed by atoms with Crippen LogP contribution in [0.5, 0.6) is 11.5 Å². The van der Waals surface area contributed by atoms with Gasteiger partial charge in [-0.25, -0.2) is 17.6 Å². The minimum absolute atomic E-state index is 0.0270. The Balaban J connectivity index is 0.863. The van der Waals surface area contributed by atoms with E-state index in [0.29, 0.717) is 59.0 Å². The number of hydrogen-bond donors (Lipinski definition) is 9. The van der Waals surface area contributed by atoms with Gasteiger partial charge in [-0.2, -0.15) is 10.5 Å². The highest BCUT2D eigenvalue weighted by Gasteiger charge is 2.48. The molecule has 5 heterocycles. The number of nitriles is 2. The first kappa shape index (κ1) is 93.1. The maximum absolute atomic E-state index is 14.0. The van der Waals surface area contributed by atoms with E-state index in [1.165, 1.54) is 24.5 Å². The number of likely N-dealkylation sites (tertiary alicyclic amines) is 2. The molecule has 0 bridgehead atoms. The normalized spacial score (nSPS) is 17.3. The Morgan fingerprint density at radius 3 is 1.42 bits per heavy atom. The number of carboxylic acids is 3. The lowest BCUT2D eigenvalue weighted by Crippen LogP contribution is -2.52. The SMILES string of the molecule is CC(C)(C)OC(=O)C(CCC(=O)NCCOCCOCCC(=O)N[C@@H](CCC(=O)NCCCCOc1ccc2nccc(C(=O)NCC(=O)N3CC(F)(F)CC3C#N)c2c1)C(=O)NCCCCOc1ccc2nccc(C(=O)NCC(=O)N3CC(F)(F)CC3C#N)c2c1)N1CCN(CC(=O)O)CCN(CC(=O)O)CCN(CC(=O)O)CC1. The summed E-state index contributed by atoms with van der Waals surface area (Å²) in [5.41, 5.74) is 0.141. The summed E-state index contributed by atoms with van der Waals surface area (Å²) in [6.07, 6.45) is 2.21. The number of benzene rings is 2. The first-order chi connectivity index (χ1) is 55.7. The molecule has 36 nitrogen and oxygen atoms in total. The van der Waals surface area contributed by atoms with Crippen molar-refractivity contribution < 1.29 is 114 Å². The van der Waals surface area contributed by atoms with Crippen LogP contribution >= 0.6 is 0 Å². The molecule has 0 aliphatic carbocycles. The van der Waals surface area contributed by atoms with Crippen LogP contribution in [-0.4, -0.2) is 325 Å². The summed E-state index contributed by atoms with van der Waals surface area (Å²) < 4.78 is 85.0. The Morgan fingerprint density at radius 2 is 0.966 bits per heavy atom. The number of fused-ring (bicyclic) bond motifs is 2. The number of hydrogen-bond acceptors (Lipinski definition) is 25. The average molecular weight is 1650 g/mol. The first-order valence-electron chi connectivity index (χ1n) is 38.5. The van der Waals surface area contributed by atoms with Crippen LogP contribution in [0.25, 0.3) is 21.8 Å². The van der Waals surface area contributed by atoms with Crippen LogP contribution in [0.15, 0.2) is 60.9 Å². The fourth-order valence-corrected chi connectivity index (χ4v) is 13.1. The van der Waals surface area contributed by atoms with Gasteiger partial charge < -0.3 is 80.7 Å². The molecule has 40 heteroatoms. The molecular weight excluding hydrogens is 1540 g/mol. The molecule has 0 radical (unpaired) electrons. The van der Waals surface area contributed by atoms with Gasteiger partial charge in [0.1, 0.15) is 41.3 Å². The molecule has 7 rings (SSSR count). The molecule has 3 saturated heterocycles.